The summed E-state index contributed by atoms with van der Waals surface area (Å²) in [4.78, 5) is 1.75. The van der Waals surface area contributed by atoms with Gasteiger partial charge >= 0.3 is 0 Å². The van der Waals surface area contributed by atoms with Gasteiger partial charge in [0.1, 0.15) is 0 Å². The smallest absolute Gasteiger partial charge is 0.240 e. The molecule has 1 aromatic carbocycles. The Labute approximate surface area is 166 Å². The fourth-order valence-electron chi connectivity index (χ4n) is 3.26. The molecule has 1 aromatic rings. The lowest BCUT2D eigenvalue weighted by molar-refractivity contribution is 0.0390. The van der Waals surface area contributed by atoms with Crippen molar-refractivity contribution >= 4 is 29.7 Å². The van der Waals surface area contributed by atoms with Crippen molar-refractivity contribution in [1.82, 2.24) is 9.62 Å². The summed E-state index contributed by atoms with van der Waals surface area (Å²) in [6.45, 7) is 3.42. The molecule has 0 unspecified atom stereocenters. The highest BCUT2D eigenvalue weighted by atomic mass is 32.2. The molecule has 2 saturated heterocycles. The molecule has 158 valence electrons. The van der Waals surface area contributed by atoms with Crippen molar-refractivity contribution in [3.8, 4) is 0 Å². The third-order valence-electron chi connectivity index (χ3n) is 4.90. The normalized spacial score (nSPS) is 23.6. The Morgan fingerprint density at radius 2 is 1.79 bits per heavy atom. The first-order chi connectivity index (χ1) is 13.1. The van der Waals surface area contributed by atoms with Crippen molar-refractivity contribution in [2.45, 2.75) is 21.5 Å². The zero-order valence-electron chi connectivity index (χ0n) is 15.3. The van der Waals surface area contributed by atoms with E-state index in [2.05, 4.69) is 9.62 Å². The van der Waals surface area contributed by atoms with Gasteiger partial charge in [-0.25, -0.2) is 30.0 Å². The summed E-state index contributed by atoms with van der Waals surface area (Å²) in [5, 5.41) is -1.04. The molecule has 0 saturated carbocycles. The van der Waals surface area contributed by atoms with E-state index in [9.17, 15) is 25.3 Å². The number of ether oxygens (including phenoxy) is 1. The highest BCUT2D eigenvalue weighted by Crippen LogP contribution is 2.26. The molecule has 12 heteroatoms. The first-order valence-corrected chi connectivity index (χ1v) is 13.8. The van der Waals surface area contributed by atoms with E-state index in [4.69, 9.17) is 4.74 Å². The summed E-state index contributed by atoms with van der Waals surface area (Å²) < 4.78 is 81.5. The molecule has 1 N–H and O–H groups in total. The number of hydrogen-bond acceptors (Lipinski definition) is 8. The molecule has 3 rings (SSSR count). The summed E-state index contributed by atoms with van der Waals surface area (Å²) in [6, 6.07) is 5.07. The van der Waals surface area contributed by atoms with Crippen molar-refractivity contribution in [3.63, 3.8) is 0 Å². The van der Waals surface area contributed by atoms with Crippen molar-refractivity contribution in [3.05, 3.63) is 24.3 Å². The predicted octanol–water partition coefficient (Wildman–Crippen LogP) is -0.742. The molecule has 0 amide bonds. The van der Waals surface area contributed by atoms with Crippen LogP contribution in [-0.4, -0.2) is 86.3 Å². The van der Waals surface area contributed by atoms with Gasteiger partial charge in [-0.1, -0.05) is 6.07 Å². The number of sulfone groups is 2. The quantitative estimate of drug-likeness (QED) is 0.573. The Morgan fingerprint density at radius 1 is 1.11 bits per heavy atom. The van der Waals surface area contributed by atoms with E-state index >= 15 is 0 Å². The van der Waals surface area contributed by atoms with E-state index < -0.39 is 40.7 Å². The van der Waals surface area contributed by atoms with Gasteiger partial charge in [-0.15, -0.1) is 0 Å². The first-order valence-electron chi connectivity index (χ1n) is 8.94. The number of nitrogens with one attached hydrogen (secondary N) is 1. The average molecular weight is 453 g/mol. The molecule has 0 aromatic heterocycles. The zero-order chi connectivity index (χ0) is 20.4. The molecular weight excluding hydrogens is 428 g/mol. The highest BCUT2D eigenvalue weighted by Gasteiger charge is 2.38. The molecule has 0 aliphatic carbocycles. The Hall–Kier alpha value is -1.05. The highest BCUT2D eigenvalue weighted by molar-refractivity contribution is 7.96. The summed E-state index contributed by atoms with van der Waals surface area (Å²) in [5.74, 6) is -0.595. The summed E-state index contributed by atoms with van der Waals surface area (Å²) >= 11 is 0. The van der Waals surface area contributed by atoms with Gasteiger partial charge in [-0.3, -0.25) is 4.90 Å². The van der Waals surface area contributed by atoms with E-state index in [1.165, 1.54) is 18.2 Å². The van der Waals surface area contributed by atoms with Crippen LogP contribution in [0.2, 0.25) is 0 Å². The summed E-state index contributed by atoms with van der Waals surface area (Å²) in [5.41, 5.74) is 0. The average Bonchev–Trinajstić information content (AvgIpc) is 3.03. The maximum absolute atomic E-state index is 12.7. The number of nitrogens with zero attached hydrogens (tertiary/aromatic N) is 1. The molecule has 28 heavy (non-hydrogen) atoms. The SMILES string of the molecule is O=S1(=O)CC[C@@H](S(=O)(=O)c2cccc(S(=O)(=O)NCCN3CCOCC3)c2)C1. The second-order valence-electron chi connectivity index (χ2n) is 6.90. The molecule has 2 heterocycles. The van der Waals surface area contributed by atoms with Crippen LogP contribution in [0, 0.1) is 0 Å². The van der Waals surface area contributed by atoms with Crippen LogP contribution in [0.5, 0.6) is 0 Å². The maximum Gasteiger partial charge on any atom is 0.240 e. The third-order valence-corrected chi connectivity index (χ3v) is 10.5. The second-order valence-corrected chi connectivity index (χ2v) is 13.1. The van der Waals surface area contributed by atoms with E-state index in [0.717, 1.165) is 19.2 Å². The predicted molar refractivity (Wildman–Crippen MR) is 103 cm³/mol. The van der Waals surface area contributed by atoms with Gasteiger partial charge in [-0.05, 0) is 24.6 Å². The van der Waals surface area contributed by atoms with E-state index in [1.54, 1.807) is 0 Å². The molecule has 0 spiro atoms. The molecule has 0 radical (unpaired) electrons. The van der Waals surface area contributed by atoms with Gasteiger partial charge in [0.25, 0.3) is 0 Å². The van der Waals surface area contributed by atoms with Crippen LogP contribution in [0.1, 0.15) is 6.42 Å². The fraction of sp³-hybridized carbons (Fsp3) is 0.625. The summed E-state index contributed by atoms with van der Waals surface area (Å²) in [6.07, 6.45) is 0.0272. The number of sulfonamides is 1. The number of rotatable bonds is 7. The van der Waals surface area contributed by atoms with Crippen LogP contribution in [0.25, 0.3) is 0 Å². The largest absolute Gasteiger partial charge is 0.379 e. The summed E-state index contributed by atoms with van der Waals surface area (Å²) in [7, 11) is -11.2. The van der Waals surface area contributed by atoms with Gasteiger partial charge in [-0.2, -0.15) is 0 Å². The Balaban J connectivity index is 1.71. The van der Waals surface area contributed by atoms with Crippen LogP contribution in [0.15, 0.2) is 34.1 Å². The second kappa shape index (κ2) is 8.36. The van der Waals surface area contributed by atoms with E-state index in [0.29, 0.717) is 19.8 Å². The van der Waals surface area contributed by atoms with Crippen molar-refractivity contribution in [2.75, 3.05) is 50.9 Å². The molecule has 2 aliphatic rings. The van der Waals surface area contributed by atoms with E-state index in [-0.39, 0.29) is 28.5 Å². The van der Waals surface area contributed by atoms with Crippen molar-refractivity contribution < 1.29 is 30.0 Å². The molecule has 9 nitrogen and oxygen atoms in total. The molecule has 0 bridgehead atoms. The fourth-order valence-corrected chi connectivity index (χ4v) is 8.81. The minimum absolute atomic E-state index is 0.0272. The lowest BCUT2D eigenvalue weighted by atomic mass is 10.4. The van der Waals surface area contributed by atoms with Crippen LogP contribution in [0.3, 0.4) is 0 Å². The number of morpholine rings is 1. The monoisotopic (exact) mass is 452 g/mol. The van der Waals surface area contributed by atoms with Gasteiger partial charge in [0.2, 0.25) is 10.0 Å². The number of benzene rings is 1. The van der Waals surface area contributed by atoms with Crippen molar-refractivity contribution in [1.29, 1.82) is 0 Å². The zero-order valence-corrected chi connectivity index (χ0v) is 17.7. The number of hydrogen-bond donors (Lipinski definition) is 1. The van der Waals surface area contributed by atoms with Gasteiger partial charge < -0.3 is 4.74 Å². The molecule has 2 fully saturated rings. The van der Waals surface area contributed by atoms with Crippen LogP contribution < -0.4 is 4.72 Å². The molecule has 2 aliphatic heterocycles. The molecular formula is C16H24N2O7S3. The van der Waals surface area contributed by atoms with Crippen LogP contribution in [0.4, 0.5) is 0 Å². The Bertz CT molecular complexity index is 1010. The van der Waals surface area contributed by atoms with Crippen LogP contribution >= 0.6 is 0 Å². The van der Waals surface area contributed by atoms with Gasteiger partial charge in [0, 0.05) is 26.2 Å². The maximum atomic E-state index is 12.7. The lowest BCUT2D eigenvalue weighted by Gasteiger charge is -2.26. The molecule has 1 atom stereocenters. The van der Waals surface area contributed by atoms with Gasteiger partial charge in [0.05, 0.1) is 39.8 Å². The third kappa shape index (κ3) is 5.10. The topological polar surface area (TPSA) is 127 Å². The minimum atomic E-state index is -3.92. The Morgan fingerprint density at radius 3 is 2.43 bits per heavy atom. The Kier molecular flexibility index (Phi) is 6.47. The van der Waals surface area contributed by atoms with Crippen LogP contribution in [-0.2, 0) is 34.4 Å². The minimum Gasteiger partial charge on any atom is -0.379 e. The standard InChI is InChI=1S/C16H24N2O7S3/c19-26(20)11-4-16(13-26)27(21,22)14-2-1-3-15(12-14)28(23,24)17-5-6-18-7-9-25-10-8-18/h1-3,12,16-17H,4-11,13H2/t16-/m1/s1. The lowest BCUT2D eigenvalue weighted by Crippen LogP contribution is -2.41. The first kappa shape index (κ1) is 21.7. The van der Waals surface area contributed by atoms with Crippen molar-refractivity contribution in [2.24, 2.45) is 0 Å². The van der Waals surface area contributed by atoms with E-state index in [1.807, 2.05) is 0 Å². The van der Waals surface area contributed by atoms with Gasteiger partial charge in [0.15, 0.2) is 19.7 Å².